The van der Waals surface area contributed by atoms with E-state index in [0.717, 1.165) is 20.8 Å². The highest BCUT2D eigenvalue weighted by atomic mass is 35.5. The summed E-state index contributed by atoms with van der Waals surface area (Å²) in [4.78, 5) is 18.7. The molecule has 0 atom stereocenters. The summed E-state index contributed by atoms with van der Waals surface area (Å²) >= 11 is 7.80. The van der Waals surface area contributed by atoms with E-state index in [4.69, 9.17) is 11.6 Å². The number of aryl methyl sites for hydroxylation is 1. The largest absolute Gasteiger partial charge is 0.324 e. The van der Waals surface area contributed by atoms with Gasteiger partial charge in [0.05, 0.1) is 34.0 Å². The maximum atomic E-state index is 12.2. The van der Waals surface area contributed by atoms with Crippen LogP contribution in [0.1, 0.15) is 10.6 Å². The van der Waals surface area contributed by atoms with Crippen molar-refractivity contribution in [2.45, 2.75) is 13.5 Å². The zero-order chi connectivity index (χ0) is 17.1. The van der Waals surface area contributed by atoms with Gasteiger partial charge >= 0.3 is 0 Å². The predicted octanol–water partition coefficient (Wildman–Crippen LogP) is 4.33. The molecule has 1 amide bonds. The Labute approximate surface area is 150 Å². The van der Waals surface area contributed by atoms with Crippen molar-refractivity contribution in [1.82, 2.24) is 9.88 Å². The van der Waals surface area contributed by atoms with Crippen LogP contribution in [0.2, 0.25) is 5.02 Å². The molecule has 0 saturated carbocycles. The molecule has 2 aromatic carbocycles. The van der Waals surface area contributed by atoms with Crippen molar-refractivity contribution in [2.75, 3.05) is 18.9 Å². The van der Waals surface area contributed by atoms with Gasteiger partial charge in [-0.1, -0.05) is 29.8 Å². The molecule has 0 fully saturated rings. The number of carbonyl (C=O) groups excluding carboxylic acids is 1. The minimum Gasteiger partial charge on any atom is -0.324 e. The van der Waals surface area contributed by atoms with Crippen LogP contribution in [-0.2, 0) is 11.3 Å². The van der Waals surface area contributed by atoms with Crippen molar-refractivity contribution in [3.05, 3.63) is 58.1 Å². The number of para-hydroxylation sites is 1. The van der Waals surface area contributed by atoms with E-state index in [0.29, 0.717) is 17.3 Å². The first-order valence-electron chi connectivity index (χ1n) is 7.60. The maximum absolute atomic E-state index is 12.2. The van der Waals surface area contributed by atoms with E-state index < -0.39 is 0 Å². The highest BCUT2D eigenvalue weighted by Crippen LogP contribution is 2.23. The number of amides is 1. The molecule has 1 heterocycles. The lowest BCUT2D eigenvalue weighted by Gasteiger charge is -2.15. The van der Waals surface area contributed by atoms with Gasteiger partial charge in [-0.25, -0.2) is 4.98 Å². The molecule has 3 aromatic rings. The average Bonchev–Trinajstić information content (AvgIpc) is 2.91. The van der Waals surface area contributed by atoms with Crippen LogP contribution in [0.15, 0.2) is 42.5 Å². The van der Waals surface area contributed by atoms with E-state index >= 15 is 0 Å². The Bertz CT molecular complexity index is 845. The third kappa shape index (κ3) is 4.12. The highest BCUT2D eigenvalue weighted by Gasteiger charge is 2.11. The van der Waals surface area contributed by atoms with Crippen molar-refractivity contribution >= 4 is 44.7 Å². The first-order chi connectivity index (χ1) is 11.5. The van der Waals surface area contributed by atoms with E-state index in [1.54, 1.807) is 11.3 Å². The van der Waals surface area contributed by atoms with Gasteiger partial charge in [0.15, 0.2) is 0 Å². The van der Waals surface area contributed by atoms with Crippen LogP contribution in [0.25, 0.3) is 10.2 Å². The number of nitrogens with zero attached hydrogens (tertiary/aromatic N) is 2. The molecule has 0 radical (unpaired) electrons. The van der Waals surface area contributed by atoms with Crippen molar-refractivity contribution in [3.8, 4) is 0 Å². The fraction of sp³-hybridized carbons (Fsp3) is 0.222. The summed E-state index contributed by atoms with van der Waals surface area (Å²) in [5, 5.41) is 4.40. The molecular weight excluding hydrogens is 342 g/mol. The quantitative estimate of drug-likeness (QED) is 0.737. The number of aromatic nitrogens is 1. The van der Waals surface area contributed by atoms with Gasteiger partial charge in [0, 0.05) is 0 Å². The standard InChI is InChI=1S/C18H18ClN3OS/c1-12-7-8-14(13(19)9-12)20-17(23)10-22(2)11-18-21-15-5-3-4-6-16(15)24-18/h3-9H,10-11H2,1-2H3,(H,20,23). The van der Waals surface area contributed by atoms with Crippen LogP contribution in [0.5, 0.6) is 0 Å². The monoisotopic (exact) mass is 359 g/mol. The number of benzene rings is 2. The van der Waals surface area contributed by atoms with Gasteiger partial charge in [0.25, 0.3) is 0 Å². The minimum absolute atomic E-state index is 0.0932. The Morgan fingerprint density at radius 2 is 2.08 bits per heavy atom. The Balaban J connectivity index is 1.59. The van der Waals surface area contributed by atoms with Gasteiger partial charge in [-0.15, -0.1) is 11.3 Å². The van der Waals surface area contributed by atoms with Crippen molar-refractivity contribution in [3.63, 3.8) is 0 Å². The van der Waals surface area contributed by atoms with Crippen molar-refractivity contribution in [2.24, 2.45) is 0 Å². The molecule has 6 heteroatoms. The third-order valence-electron chi connectivity index (χ3n) is 3.56. The SMILES string of the molecule is Cc1ccc(NC(=O)CN(C)Cc2nc3ccccc3s2)c(Cl)c1. The number of rotatable bonds is 5. The first kappa shape index (κ1) is 16.9. The zero-order valence-electron chi connectivity index (χ0n) is 13.5. The normalized spacial score (nSPS) is 11.2. The molecule has 0 saturated heterocycles. The summed E-state index contributed by atoms with van der Waals surface area (Å²) in [6, 6.07) is 13.6. The fourth-order valence-corrected chi connectivity index (χ4v) is 3.76. The number of hydrogen-bond donors (Lipinski definition) is 1. The van der Waals surface area contributed by atoms with E-state index in [-0.39, 0.29) is 12.5 Å². The molecule has 0 bridgehead atoms. The highest BCUT2D eigenvalue weighted by molar-refractivity contribution is 7.18. The summed E-state index contributed by atoms with van der Waals surface area (Å²) in [7, 11) is 1.91. The van der Waals surface area contributed by atoms with E-state index in [1.165, 1.54) is 0 Å². The topological polar surface area (TPSA) is 45.2 Å². The summed E-state index contributed by atoms with van der Waals surface area (Å²) in [5.74, 6) is -0.0932. The van der Waals surface area contributed by atoms with E-state index in [2.05, 4.69) is 16.4 Å². The third-order valence-corrected chi connectivity index (χ3v) is 4.89. The van der Waals surface area contributed by atoms with Gasteiger partial charge in [0.1, 0.15) is 5.01 Å². The Morgan fingerprint density at radius 3 is 2.83 bits per heavy atom. The number of nitrogens with one attached hydrogen (secondary N) is 1. The first-order valence-corrected chi connectivity index (χ1v) is 8.80. The number of fused-ring (bicyclic) bond motifs is 1. The molecule has 3 rings (SSSR count). The van der Waals surface area contributed by atoms with Crippen LogP contribution in [0.3, 0.4) is 0 Å². The molecule has 0 aliphatic rings. The minimum atomic E-state index is -0.0932. The fourth-order valence-electron chi connectivity index (χ4n) is 2.43. The summed E-state index contributed by atoms with van der Waals surface area (Å²) < 4.78 is 1.16. The Hall–Kier alpha value is -1.95. The lowest BCUT2D eigenvalue weighted by atomic mass is 10.2. The summed E-state index contributed by atoms with van der Waals surface area (Å²) in [5.41, 5.74) is 2.70. The lowest BCUT2D eigenvalue weighted by Crippen LogP contribution is -2.29. The van der Waals surface area contributed by atoms with Crippen LogP contribution in [-0.4, -0.2) is 29.4 Å². The van der Waals surface area contributed by atoms with Gasteiger partial charge in [-0.05, 0) is 43.8 Å². The molecule has 4 nitrogen and oxygen atoms in total. The summed E-state index contributed by atoms with van der Waals surface area (Å²) in [6.07, 6.45) is 0. The number of likely N-dealkylation sites (N-methyl/N-ethyl adjacent to an activating group) is 1. The molecule has 1 N–H and O–H groups in total. The van der Waals surface area contributed by atoms with Crippen LogP contribution in [0.4, 0.5) is 5.69 Å². The second-order valence-electron chi connectivity index (χ2n) is 5.78. The number of halogens is 1. The van der Waals surface area contributed by atoms with Gasteiger partial charge < -0.3 is 5.32 Å². The second kappa shape index (κ2) is 7.30. The molecule has 0 aliphatic heterocycles. The van der Waals surface area contributed by atoms with E-state index in [1.807, 2.05) is 55.3 Å². The van der Waals surface area contributed by atoms with Gasteiger partial charge in [-0.3, -0.25) is 9.69 Å². The Morgan fingerprint density at radius 1 is 1.29 bits per heavy atom. The number of carbonyl (C=O) groups is 1. The summed E-state index contributed by atoms with van der Waals surface area (Å²) in [6.45, 7) is 2.87. The van der Waals surface area contributed by atoms with Crippen molar-refractivity contribution < 1.29 is 4.79 Å². The van der Waals surface area contributed by atoms with E-state index in [9.17, 15) is 4.79 Å². The zero-order valence-corrected chi connectivity index (χ0v) is 15.1. The second-order valence-corrected chi connectivity index (χ2v) is 7.30. The molecular formula is C18H18ClN3OS. The molecule has 0 aliphatic carbocycles. The number of hydrogen-bond acceptors (Lipinski definition) is 4. The number of anilines is 1. The average molecular weight is 360 g/mol. The smallest absolute Gasteiger partial charge is 0.238 e. The number of thiazole rings is 1. The van der Waals surface area contributed by atoms with Gasteiger partial charge in [0.2, 0.25) is 5.91 Å². The van der Waals surface area contributed by atoms with Gasteiger partial charge in [-0.2, -0.15) is 0 Å². The molecule has 0 unspecified atom stereocenters. The molecule has 124 valence electrons. The van der Waals surface area contributed by atoms with Crippen LogP contribution >= 0.6 is 22.9 Å². The molecule has 24 heavy (non-hydrogen) atoms. The maximum Gasteiger partial charge on any atom is 0.238 e. The van der Waals surface area contributed by atoms with Crippen LogP contribution < -0.4 is 5.32 Å². The predicted molar refractivity (Wildman–Crippen MR) is 101 cm³/mol. The Kier molecular flexibility index (Phi) is 5.14. The van der Waals surface area contributed by atoms with Crippen molar-refractivity contribution in [1.29, 1.82) is 0 Å². The molecule has 1 aromatic heterocycles. The van der Waals surface area contributed by atoms with Crippen LogP contribution in [0, 0.1) is 6.92 Å². The lowest BCUT2D eigenvalue weighted by molar-refractivity contribution is -0.117. The molecule has 0 spiro atoms.